The molecule has 6 nitrogen and oxygen atoms in total. The van der Waals surface area contributed by atoms with Crippen LogP contribution in [-0.4, -0.2) is 35.4 Å². The van der Waals surface area contributed by atoms with Crippen LogP contribution in [0.1, 0.15) is 39.6 Å². The van der Waals surface area contributed by atoms with E-state index in [4.69, 9.17) is 4.74 Å². The maximum atomic E-state index is 13.5. The van der Waals surface area contributed by atoms with Gasteiger partial charge in [0.25, 0.3) is 5.91 Å². The summed E-state index contributed by atoms with van der Waals surface area (Å²) in [5, 5.41) is 2.96. The number of aryl methyl sites for hydroxylation is 1. The minimum Gasteiger partial charge on any atom is -0.367 e. The number of aromatic nitrogens is 1. The Balaban J connectivity index is 1.45. The SMILES string of the molecule is CO[C@H](C(=O)NCc1c(C)ncc2c1CCN(C(=O)Cc1cc(F)cc(F)c1)C2)c1ccccc1. The number of carbonyl (C=O) groups excluding carboxylic acids is 2. The van der Waals surface area contributed by atoms with Crippen molar-refractivity contribution in [3.05, 3.63) is 99.9 Å². The van der Waals surface area contributed by atoms with E-state index in [0.717, 1.165) is 34.0 Å². The molecule has 0 saturated carbocycles. The number of nitrogens with one attached hydrogen (secondary N) is 1. The average Bonchev–Trinajstić information content (AvgIpc) is 2.83. The minimum absolute atomic E-state index is 0.0793. The van der Waals surface area contributed by atoms with E-state index in [2.05, 4.69) is 10.3 Å². The summed E-state index contributed by atoms with van der Waals surface area (Å²) in [4.78, 5) is 31.8. The van der Waals surface area contributed by atoms with E-state index in [-0.39, 0.29) is 18.2 Å². The van der Waals surface area contributed by atoms with Gasteiger partial charge in [-0.05, 0) is 53.3 Å². The Kier molecular flexibility index (Phi) is 7.51. The van der Waals surface area contributed by atoms with E-state index in [1.807, 2.05) is 37.3 Å². The molecule has 0 aliphatic carbocycles. The molecular weight excluding hydrogens is 452 g/mol. The number of ether oxygens (including phenoxy) is 1. The molecule has 182 valence electrons. The van der Waals surface area contributed by atoms with Crippen LogP contribution < -0.4 is 5.32 Å². The molecule has 8 heteroatoms. The maximum absolute atomic E-state index is 13.5. The summed E-state index contributed by atoms with van der Waals surface area (Å²) in [5.74, 6) is -1.86. The summed E-state index contributed by atoms with van der Waals surface area (Å²) in [5.41, 5.74) is 4.77. The Morgan fingerprint density at radius 3 is 2.54 bits per heavy atom. The van der Waals surface area contributed by atoms with Crippen molar-refractivity contribution in [2.45, 2.75) is 39.0 Å². The number of nitrogens with zero attached hydrogens (tertiary/aromatic N) is 2. The van der Waals surface area contributed by atoms with E-state index in [0.29, 0.717) is 31.6 Å². The van der Waals surface area contributed by atoms with Crippen molar-refractivity contribution >= 4 is 11.8 Å². The first-order valence-corrected chi connectivity index (χ1v) is 11.4. The van der Waals surface area contributed by atoms with Gasteiger partial charge in [-0.3, -0.25) is 14.6 Å². The fourth-order valence-electron chi connectivity index (χ4n) is 4.46. The molecule has 35 heavy (non-hydrogen) atoms. The number of rotatable bonds is 7. The van der Waals surface area contributed by atoms with Crippen LogP contribution in [0.2, 0.25) is 0 Å². The molecule has 1 N–H and O–H groups in total. The molecule has 0 bridgehead atoms. The third-order valence-corrected chi connectivity index (χ3v) is 6.24. The average molecular weight is 480 g/mol. The van der Waals surface area contributed by atoms with E-state index in [9.17, 15) is 18.4 Å². The summed E-state index contributed by atoms with van der Waals surface area (Å²) in [6.07, 6.45) is 1.55. The molecule has 4 rings (SSSR count). The first kappa shape index (κ1) is 24.5. The molecular formula is C27H27F2N3O3. The number of hydrogen-bond donors (Lipinski definition) is 1. The monoisotopic (exact) mass is 479 g/mol. The fraction of sp³-hybridized carbons (Fsp3) is 0.296. The molecule has 0 saturated heterocycles. The van der Waals surface area contributed by atoms with Crippen LogP contribution in [0.15, 0.2) is 54.7 Å². The highest BCUT2D eigenvalue weighted by atomic mass is 19.1. The minimum atomic E-state index is -0.718. The standard InChI is InChI=1S/C27H27F2N3O3/c1-17-24(15-31-27(34)26(35-2)19-6-4-3-5-7-19)23-8-9-32(16-20(23)14-30-17)25(33)12-18-10-21(28)13-22(29)11-18/h3-7,10-11,13-14,26H,8-9,12,15-16H2,1-2H3,(H,31,34)/t26-/m0/s1. The Hall–Kier alpha value is -3.65. The molecule has 0 fully saturated rings. The Labute approximate surface area is 202 Å². The van der Waals surface area contributed by atoms with E-state index in [1.165, 1.54) is 19.2 Å². The summed E-state index contributed by atoms with van der Waals surface area (Å²) in [6, 6.07) is 12.4. The first-order chi connectivity index (χ1) is 16.9. The molecule has 3 aromatic rings. The zero-order valence-electron chi connectivity index (χ0n) is 19.7. The van der Waals surface area contributed by atoms with Crippen molar-refractivity contribution in [1.29, 1.82) is 0 Å². The Morgan fingerprint density at radius 2 is 1.86 bits per heavy atom. The molecule has 1 aromatic heterocycles. The second-order valence-corrected chi connectivity index (χ2v) is 8.59. The van der Waals surface area contributed by atoms with Gasteiger partial charge in [-0.1, -0.05) is 30.3 Å². The molecule has 0 spiro atoms. The predicted molar refractivity (Wildman–Crippen MR) is 126 cm³/mol. The number of hydrogen-bond acceptors (Lipinski definition) is 4. The topological polar surface area (TPSA) is 71.5 Å². The van der Waals surface area contributed by atoms with Gasteiger partial charge in [-0.25, -0.2) is 8.78 Å². The molecule has 2 heterocycles. The quantitative estimate of drug-likeness (QED) is 0.560. The number of carbonyl (C=O) groups is 2. The highest BCUT2D eigenvalue weighted by molar-refractivity contribution is 5.82. The lowest BCUT2D eigenvalue weighted by Gasteiger charge is -2.31. The van der Waals surface area contributed by atoms with Crippen molar-refractivity contribution in [2.75, 3.05) is 13.7 Å². The lowest BCUT2D eigenvalue weighted by atomic mass is 9.94. The second kappa shape index (κ2) is 10.7. The maximum Gasteiger partial charge on any atom is 0.254 e. The Morgan fingerprint density at radius 1 is 1.14 bits per heavy atom. The zero-order chi connectivity index (χ0) is 24.9. The van der Waals surface area contributed by atoms with Crippen LogP contribution in [0.3, 0.4) is 0 Å². The number of halogens is 2. The normalized spacial score (nSPS) is 13.8. The predicted octanol–water partition coefficient (Wildman–Crippen LogP) is 3.80. The van der Waals surface area contributed by atoms with Gasteiger partial charge >= 0.3 is 0 Å². The summed E-state index contributed by atoms with van der Waals surface area (Å²) >= 11 is 0. The number of methoxy groups -OCH3 is 1. The third-order valence-electron chi connectivity index (χ3n) is 6.24. The van der Waals surface area contributed by atoms with Gasteiger partial charge in [0.1, 0.15) is 11.6 Å². The number of amides is 2. The van der Waals surface area contributed by atoms with E-state index < -0.39 is 17.7 Å². The van der Waals surface area contributed by atoms with Gasteiger partial charge < -0.3 is 15.0 Å². The lowest BCUT2D eigenvalue weighted by molar-refractivity contribution is -0.132. The van der Waals surface area contributed by atoms with E-state index in [1.54, 1.807) is 11.1 Å². The smallest absolute Gasteiger partial charge is 0.254 e. The van der Waals surface area contributed by atoms with Crippen molar-refractivity contribution in [3.63, 3.8) is 0 Å². The van der Waals surface area contributed by atoms with Crippen molar-refractivity contribution < 1.29 is 23.1 Å². The number of pyridine rings is 1. The summed E-state index contributed by atoms with van der Waals surface area (Å²) < 4.78 is 32.4. The van der Waals surface area contributed by atoms with Crippen molar-refractivity contribution in [2.24, 2.45) is 0 Å². The molecule has 0 unspecified atom stereocenters. The molecule has 1 atom stereocenters. The van der Waals surface area contributed by atoms with Crippen molar-refractivity contribution in [3.8, 4) is 0 Å². The largest absolute Gasteiger partial charge is 0.367 e. The van der Waals surface area contributed by atoms with Gasteiger partial charge in [-0.15, -0.1) is 0 Å². The molecule has 2 amide bonds. The summed E-state index contributed by atoms with van der Waals surface area (Å²) in [7, 11) is 1.50. The summed E-state index contributed by atoms with van der Waals surface area (Å²) in [6.45, 7) is 3.01. The molecule has 1 aliphatic heterocycles. The first-order valence-electron chi connectivity index (χ1n) is 11.4. The highest BCUT2D eigenvalue weighted by Gasteiger charge is 2.25. The number of benzene rings is 2. The van der Waals surface area contributed by atoms with Gasteiger partial charge in [0.2, 0.25) is 5.91 Å². The van der Waals surface area contributed by atoms with Crippen LogP contribution in [0.5, 0.6) is 0 Å². The number of fused-ring (bicyclic) bond motifs is 1. The third kappa shape index (κ3) is 5.71. The van der Waals surface area contributed by atoms with Crippen LogP contribution in [0.4, 0.5) is 8.78 Å². The van der Waals surface area contributed by atoms with Gasteiger partial charge in [-0.2, -0.15) is 0 Å². The highest BCUT2D eigenvalue weighted by Crippen LogP contribution is 2.25. The van der Waals surface area contributed by atoms with Gasteiger partial charge in [0.05, 0.1) is 6.42 Å². The molecule has 2 aromatic carbocycles. The lowest BCUT2D eigenvalue weighted by Crippen LogP contribution is -2.38. The van der Waals surface area contributed by atoms with Crippen LogP contribution in [-0.2, 0) is 40.3 Å². The van der Waals surface area contributed by atoms with Crippen LogP contribution in [0.25, 0.3) is 0 Å². The van der Waals surface area contributed by atoms with E-state index >= 15 is 0 Å². The van der Waals surface area contributed by atoms with Gasteiger partial charge in [0, 0.05) is 44.7 Å². The van der Waals surface area contributed by atoms with Crippen LogP contribution >= 0.6 is 0 Å². The Bertz CT molecular complexity index is 1210. The molecule has 0 radical (unpaired) electrons. The fourth-order valence-corrected chi connectivity index (χ4v) is 4.46. The van der Waals surface area contributed by atoms with Gasteiger partial charge in [0.15, 0.2) is 6.10 Å². The van der Waals surface area contributed by atoms with Crippen LogP contribution in [0, 0.1) is 18.6 Å². The zero-order valence-corrected chi connectivity index (χ0v) is 19.7. The molecule has 1 aliphatic rings. The second-order valence-electron chi connectivity index (χ2n) is 8.59. The van der Waals surface area contributed by atoms with Crippen molar-refractivity contribution in [1.82, 2.24) is 15.2 Å².